The molecular weight excluding hydrogens is 1170 g/mol. The van der Waals surface area contributed by atoms with Gasteiger partial charge in [-0.15, -0.1) is 11.3 Å². The van der Waals surface area contributed by atoms with E-state index in [9.17, 15) is 32.7 Å². The molecule has 1 aliphatic carbocycles. The van der Waals surface area contributed by atoms with Crippen LogP contribution in [0.2, 0.25) is 0 Å². The molecule has 4 aromatic carbocycles. The number of β-amino-alcohol motifs (C(OH)–C–C–N with tert-alkyl or cyclic N) is 1. The maximum absolute atomic E-state index is 14.5. The summed E-state index contributed by atoms with van der Waals surface area (Å²) in [6, 6.07) is 23.3. The predicted molar refractivity (Wildman–Crippen MR) is 340 cm³/mol. The lowest BCUT2D eigenvalue weighted by Crippen LogP contribution is -2.49. The number of fused-ring (bicyclic) bond motifs is 1. The molecule has 5 heterocycles. The van der Waals surface area contributed by atoms with Crippen LogP contribution in [-0.4, -0.2) is 135 Å². The summed E-state index contributed by atoms with van der Waals surface area (Å²) in [6.45, 7) is 11.5. The monoisotopic (exact) mass is 1250 g/mol. The number of aryl methyl sites for hydroxylation is 3. The smallest absolute Gasteiger partial charge is 0.328 e. The minimum atomic E-state index is -4.38. The molecule has 10 rings (SSSR count). The average molecular weight is 1250 g/mol. The van der Waals surface area contributed by atoms with Crippen molar-refractivity contribution in [1.82, 2.24) is 49.3 Å². The molecule has 1 aliphatic heterocycles. The molecule has 4 N–H and O–H groups in total. The third-order valence-corrected chi connectivity index (χ3v) is 18.4. The molecule has 24 heteroatoms. The SMILES string of the molecule is CCCOc1cc(OCCCCN(C)C)cc(Oc2cc3c(cc2NS(=O)(=O)c2cccc(C(=O)NC4CC(Oc5cc(-c6cnn([C@@H](C(=O)N7C[C@H](O)C[C@H]7C(=O)N[C@@H](C)c7ccc(-c8scnc8C)cc7)C(C)C)c6)ccn5)C4)c2)n(C)c(=O)n3C)c1. The fraction of sp³-hybridized carbons (Fsp3) is 0.400. The first kappa shape index (κ1) is 63.4. The Kier molecular flexibility index (Phi) is 19.6. The Bertz CT molecular complexity index is 4020. The number of aliphatic hydroxyl groups is 1. The molecular formula is C65H77N11O11S2. The van der Waals surface area contributed by atoms with Crippen LogP contribution in [0.3, 0.4) is 0 Å². The molecule has 1 saturated heterocycles. The zero-order valence-electron chi connectivity index (χ0n) is 51.5. The summed E-state index contributed by atoms with van der Waals surface area (Å²) in [4.78, 5) is 68.5. The van der Waals surface area contributed by atoms with Crippen molar-refractivity contribution in [3.8, 4) is 50.4 Å². The molecule has 4 atom stereocenters. The van der Waals surface area contributed by atoms with Crippen LogP contribution in [0.5, 0.6) is 28.9 Å². The Labute approximate surface area is 521 Å². The lowest BCUT2D eigenvalue weighted by molar-refractivity contribution is -0.142. The molecule has 3 amide bonds. The second-order valence-electron chi connectivity index (χ2n) is 23.5. The number of likely N-dealkylation sites (tertiary alicyclic amines) is 1. The number of carbonyl (C=O) groups is 3. The molecule has 4 aromatic heterocycles. The van der Waals surface area contributed by atoms with Gasteiger partial charge in [0.2, 0.25) is 17.7 Å². The molecule has 89 heavy (non-hydrogen) atoms. The summed E-state index contributed by atoms with van der Waals surface area (Å²) in [7, 11) is 2.89. The number of benzene rings is 4. The number of hydrogen-bond acceptors (Lipinski definition) is 16. The fourth-order valence-corrected chi connectivity index (χ4v) is 13.0. The Morgan fingerprint density at radius 2 is 1.56 bits per heavy atom. The van der Waals surface area contributed by atoms with Gasteiger partial charge in [0.15, 0.2) is 5.75 Å². The number of hydrogen-bond donors (Lipinski definition) is 4. The van der Waals surface area contributed by atoms with Gasteiger partial charge in [-0.1, -0.05) is 51.1 Å². The minimum Gasteiger partial charge on any atom is -0.493 e. The van der Waals surface area contributed by atoms with E-state index in [1.165, 1.54) is 38.3 Å². The van der Waals surface area contributed by atoms with Gasteiger partial charge in [-0.25, -0.2) is 23.2 Å². The van der Waals surface area contributed by atoms with Gasteiger partial charge in [0.05, 0.1) is 69.3 Å². The predicted octanol–water partition coefficient (Wildman–Crippen LogP) is 9.05. The number of unbranched alkanes of at least 4 members (excludes halogenated alkanes) is 1. The fourth-order valence-electron chi connectivity index (χ4n) is 11.1. The minimum absolute atomic E-state index is 0.0122. The van der Waals surface area contributed by atoms with Crippen molar-refractivity contribution < 1.29 is 46.9 Å². The van der Waals surface area contributed by atoms with Crippen LogP contribution in [0, 0.1) is 12.8 Å². The number of aliphatic hydroxyl groups excluding tert-OH is 1. The van der Waals surface area contributed by atoms with Crippen molar-refractivity contribution in [2.45, 2.75) is 114 Å². The summed E-state index contributed by atoms with van der Waals surface area (Å²) >= 11 is 1.57. The van der Waals surface area contributed by atoms with Crippen LogP contribution in [0.25, 0.3) is 32.6 Å². The van der Waals surface area contributed by atoms with E-state index in [0.29, 0.717) is 65.8 Å². The topological polar surface area (TPSA) is 256 Å². The van der Waals surface area contributed by atoms with Gasteiger partial charge in [-0.05, 0) is 107 Å². The quantitative estimate of drug-likeness (QED) is 0.0369. The summed E-state index contributed by atoms with van der Waals surface area (Å²) in [5.74, 6) is 0.425. The van der Waals surface area contributed by atoms with Crippen LogP contribution in [0.4, 0.5) is 5.69 Å². The van der Waals surface area contributed by atoms with Crippen molar-refractivity contribution in [1.29, 1.82) is 0 Å². The number of thiazole rings is 1. The first-order valence-electron chi connectivity index (χ1n) is 30.0. The Morgan fingerprint density at radius 3 is 2.26 bits per heavy atom. The molecule has 2 fully saturated rings. The number of pyridine rings is 1. The zero-order valence-corrected chi connectivity index (χ0v) is 53.1. The van der Waals surface area contributed by atoms with Crippen LogP contribution >= 0.6 is 11.3 Å². The number of carbonyl (C=O) groups excluding carboxylic acids is 3. The first-order chi connectivity index (χ1) is 42.6. The molecule has 8 aromatic rings. The summed E-state index contributed by atoms with van der Waals surface area (Å²) in [6.07, 6.45) is 7.47. The number of aromatic nitrogens is 6. The van der Waals surface area contributed by atoms with Gasteiger partial charge in [-0.3, -0.25) is 32.9 Å². The standard InChI is InChI=1S/C65H77N11O11S2/c1-10-23-84-49-30-50(85-24-12-11-22-72(6)7)32-52(31-49)86-58-34-56-55(73(8)65(81)74(56)9)33-54(58)71-89(82,83)53-15-13-14-45(25-53)62(78)70-47-27-51(28-47)87-59-26-44(20-21-66-59)46-35-68-76(36-46)60(39(2)3)64(80)75-37-48(77)29-57(75)63(79)69-40(4)42-16-18-43(19-17-42)61-41(5)67-38-88-61/h13-21,25-26,30-36,38-40,47-48,51,57,60,71,77H,10-12,22-24,27-29,37H2,1-9H3,(H,69,79)(H,70,78)/t40-,47?,48+,51?,57-,60+/m0/s1. The summed E-state index contributed by atoms with van der Waals surface area (Å²) < 4.78 is 60.6. The average Bonchev–Trinajstić information content (AvgIpc) is 1.79. The number of imidazole rings is 1. The van der Waals surface area contributed by atoms with E-state index in [-0.39, 0.29) is 76.5 Å². The Morgan fingerprint density at radius 1 is 0.843 bits per heavy atom. The number of ether oxygens (including phenoxy) is 4. The van der Waals surface area contributed by atoms with E-state index < -0.39 is 34.1 Å². The van der Waals surface area contributed by atoms with Gasteiger partial charge in [0.25, 0.3) is 15.9 Å². The molecule has 0 spiro atoms. The van der Waals surface area contributed by atoms with Crippen molar-refractivity contribution in [3.63, 3.8) is 0 Å². The zero-order chi connectivity index (χ0) is 63.3. The van der Waals surface area contributed by atoms with Crippen molar-refractivity contribution in [2.24, 2.45) is 20.0 Å². The highest BCUT2D eigenvalue weighted by atomic mass is 32.2. The largest absolute Gasteiger partial charge is 0.493 e. The highest BCUT2D eigenvalue weighted by Gasteiger charge is 2.43. The number of sulfonamides is 1. The summed E-state index contributed by atoms with van der Waals surface area (Å²) in [5.41, 5.74) is 6.97. The van der Waals surface area contributed by atoms with Crippen molar-refractivity contribution in [3.05, 3.63) is 142 Å². The van der Waals surface area contributed by atoms with Crippen LogP contribution in [-0.2, 0) is 33.7 Å². The summed E-state index contributed by atoms with van der Waals surface area (Å²) in [5, 5.41) is 21.5. The van der Waals surface area contributed by atoms with Gasteiger partial charge in [0.1, 0.15) is 35.4 Å². The van der Waals surface area contributed by atoms with Crippen molar-refractivity contribution >= 4 is 55.8 Å². The third kappa shape index (κ3) is 14.8. The van der Waals surface area contributed by atoms with Crippen LogP contribution in [0.15, 0.2) is 125 Å². The van der Waals surface area contributed by atoms with Gasteiger partial charge >= 0.3 is 5.69 Å². The number of nitrogens with zero attached hydrogens (tertiary/aromatic N) is 8. The number of nitrogens with one attached hydrogen (secondary N) is 3. The van der Waals surface area contributed by atoms with E-state index in [1.54, 1.807) is 85.1 Å². The molecule has 2 aliphatic rings. The van der Waals surface area contributed by atoms with Gasteiger partial charge in [-0.2, -0.15) is 5.10 Å². The normalized spacial score (nSPS) is 17.3. The lowest BCUT2D eigenvalue weighted by Gasteiger charge is -2.35. The molecule has 470 valence electrons. The van der Waals surface area contributed by atoms with E-state index in [4.69, 9.17) is 18.9 Å². The van der Waals surface area contributed by atoms with Gasteiger partial charge in [0, 0.05) is 99.8 Å². The number of anilines is 1. The van der Waals surface area contributed by atoms with Crippen molar-refractivity contribution in [2.75, 3.05) is 45.1 Å². The van der Waals surface area contributed by atoms with E-state index in [1.807, 2.05) is 84.6 Å². The van der Waals surface area contributed by atoms with Gasteiger partial charge < -0.3 is 44.5 Å². The van der Waals surface area contributed by atoms with Crippen LogP contribution < -0.4 is 40.0 Å². The number of rotatable bonds is 26. The Hall–Kier alpha value is -8.58. The molecule has 0 bridgehead atoms. The highest BCUT2D eigenvalue weighted by Crippen LogP contribution is 2.39. The highest BCUT2D eigenvalue weighted by molar-refractivity contribution is 7.92. The molecule has 22 nitrogen and oxygen atoms in total. The van der Waals surface area contributed by atoms with E-state index >= 15 is 0 Å². The molecule has 0 unspecified atom stereocenters. The second kappa shape index (κ2) is 27.4. The third-order valence-electron chi connectivity index (χ3n) is 16.0. The van der Waals surface area contributed by atoms with Crippen LogP contribution in [0.1, 0.15) is 99.9 Å². The lowest BCUT2D eigenvalue weighted by atomic mass is 9.89. The first-order valence-corrected chi connectivity index (χ1v) is 32.3. The maximum atomic E-state index is 14.5. The molecule has 0 radical (unpaired) electrons. The number of amides is 3. The maximum Gasteiger partial charge on any atom is 0.328 e. The Balaban J connectivity index is 0.758. The molecule has 1 saturated carbocycles. The van der Waals surface area contributed by atoms with E-state index in [2.05, 4.69) is 35.3 Å². The second-order valence-corrected chi connectivity index (χ2v) is 26.0. The van der Waals surface area contributed by atoms with E-state index in [0.717, 1.165) is 53.1 Å².